The standard InChI is InChI=1S/C10H16N4S/c1-8-9(11-2)12-7-13-10(8)14-3-5-15-6-4-14/h7H,3-6H2,1-2H3,(H,11,12,13). The van der Waals surface area contributed by atoms with Gasteiger partial charge in [0, 0.05) is 37.2 Å². The Morgan fingerprint density at radius 1 is 1.33 bits per heavy atom. The first-order valence-electron chi connectivity index (χ1n) is 5.15. The van der Waals surface area contributed by atoms with Crippen molar-refractivity contribution in [1.82, 2.24) is 9.97 Å². The van der Waals surface area contributed by atoms with E-state index in [0.29, 0.717) is 0 Å². The Hall–Kier alpha value is -0.970. The van der Waals surface area contributed by atoms with Crippen LogP contribution in [0.5, 0.6) is 0 Å². The van der Waals surface area contributed by atoms with Crippen LogP contribution in [-0.2, 0) is 0 Å². The lowest BCUT2D eigenvalue weighted by atomic mass is 10.3. The fourth-order valence-electron chi connectivity index (χ4n) is 1.79. The first kappa shape index (κ1) is 10.5. The van der Waals surface area contributed by atoms with E-state index in [-0.39, 0.29) is 0 Å². The van der Waals surface area contributed by atoms with Crippen molar-refractivity contribution in [1.29, 1.82) is 0 Å². The molecule has 2 rings (SSSR count). The third kappa shape index (κ3) is 2.17. The Bertz CT molecular complexity index is 336. The van der Waals surface area contributed by atoms with E-state index < -0.39 is 0 Å². The summed E-state index contributed by atoms with van der Waals surface area (Å²) in [5.41, 5.74) is 1.15. The molecule has 15 heavy (non-hydrogen) atoms. The Labute approximate surface area is 94.5 Å². The number of nitrogens with one attached hydrogen (secondary N) is 1. The highest BCUT2D eigenvalue weighted by Gasteiger charge is 2.16. The van der Waals surface area contributed by atoms with Gasteiger partial charge in [-0.25, -0.2) is 9.97 Å². The summed E-state index contributed by atoms with van der Waals surface area (Å²) in [6.07, 6.45) is 1.63. The van der Waals surface area contributed by atoms with Crippen LogP contribution < -0.4 is 10.2 Å². The number of thioether (sulfide) groups is 1. The molecule has 0 unspecified atom stereocenters. The summed E-state index contributed by atoms with van der Waals surface area (Å²) in [5, 5.41) is 3.09. The lowest BCUT2D eigenvalue weighted by Crippen LogP contribution is -2.33. The van der Waals surface area contributed by atoms with Crippen molar-refractivity contribution in [3.63, 3.8) is 0 Å². The largest absolute Gasteiger partial charge is 0.373 e. The molecule has 1 aliphatic rings. The summed E-state index contributed by atoms with van der Waals surface area (Å²) < 4.78 is 0. The maximum absolute atomic E-state index is 4.38. The minimum Gasteiger partial charge on any atom is -0.373 e. The molecule has 1 aliphatic heterocycles. The van der Waals surface area contributed by atoms with Crippen LogP contribution in [0.1, 0.15) is 5.56 Å². The third-order valence-electron chi connectivity index (χ3n) is 2.60. The first-order chi connectivity index (χ1) is 7.33. The van der Waals surface area contributed by atoms with Gasteiger partial charge in [-0.15, -0.1) is 0 Å². The van der Waals surface area contributed by atoms with Crippen molar-refractivity contribution >= 4 is 23.4 Å². The van der Waals surface area contributed by atoms with E-state index in [2.05, 4.69) is 27.1 Å². The molecule has 2 heterocycles. The molecule has 4 nitrogen and oxygen atoms in total. The highest BCUT2D eigenvalue weighted by Crippen LogP contribution is 2.24. The number of rotatable bonds is 2. The van der Waals surface area contributed by atoms with Crippen molar-refractivity contribution in [3.05, 3.63) is 11.9 Å². The van der Waals surface area contributed by atoms with Gasteiger partial charge in [0.05, 0.1) is 0 Å². The second-order valence-corrected chi connectivity index (χ2v) is 4.75. The van der Waals surface area contributed by atoms with Crippen molar-refractivity contribution in [3.8, 4) is 0 Å². The zero-order chi connectivity index (χ0) is 10.7. The lowest BCUT2D eigenvalue weighted by Gasteiger charge is -2.28. The van der Waals surface area contributed by atoms with Crippen LogP contribution in [0.4, 0.5) is 11.6 Å². The zero-order valence-electron chi connectivity index (χ0n) is 9.16. The SMILES string of the molecule is CNc1ncnc(N2CCSCC2)c1C. The van der Waals surface area contributed by atoms with E-state index in [9.17, 15) is 0 Å². The van der Waals surface area contributed by atoms with Gasteiger partial charge >= 0.3 is 0 Å². The van der Waals surface area contributed by atoms with E-state index in [1.165, 1.54) is 11.5 Å². The topological polar surface area (TPSA) is 41.1 Å². The van der Waals surface area contributed by atoms with Crippen LogP contribution in [0.15, 0.2) is 6.33 Å². The average molecular weight is 224 g/mol. The predicted octanol–water partition coefficient (Wildman–Crippen LogP) is 1.38. The molecular weight excluding hydrogens is 208 g/mol. The number of anilines is 2. The van der Waals surface area contributed by atoms with E-state index >= 15 is 0 Å². The fraction of sp³-hybridized carbons (Fsp3) is 0.600. The number of nitrogens with zero attached hydrogens (tertiary/aromatic N) is 3. The summed E-state index contributed by atoms with van der Waals surface area (Å²) >= 11 is 2.01. The molecule has 1 aromatic heterocycles. The van der Waals surface area contributed by atoms with Gasteiger partial charge in [-0.1, -0.05) is 0 Å². The van der Waals surface area contributed by atoms with Crippen molar-refractivity contribution in [2.45, 2.75) is 6.92 Å². The second-order valence-electron chi connectivity index (χ2n) is 3.52. The molecule has 0 bridgehead atoms. The van der Waals surface area contributed by atoms with Crippen LogP contribution >= 0.6 is 11.8 Å². The summed E-state index contributed by atoms with van der Waals surface area (Å²) in [7, 11) is 1.89. The van der Waals surface area contributed by atoms with Crippen LogP contribution in [-0.4, -0.2) is 41.6 Å². The first-order valence-corrected chi connectivity index (χ1v) is 6.30. The van der Waals surface area contributed by atoms with Gasteiger partial charge in [-0.3, -0.25) is 0 Å². The van der Waals surface area contributed by atoms with E-state index in [1.54, 1.807) is 6.33 Å². The van der Waals surface area contributed by atoms with Gasteiger partial charge < -0.3 is 10.2 Å². The number of hydrogen-bond acceptors (Lipinski definition) is 5. The predicted molar refractivity (Wildman–Crippen MR) is 65.9 cm³/mol. The van der Waals surface area contributed by atoms with Crippen LogP contribution in [0.3, 0.4) is 0 Å². The number of aromatic nitrogens is 2. The highest BCUT2D eigenvalue weighted by atomic mass is 32.2. The summed E-state index contributed by atoms with van der Waals surface area (Å²) in [6, 6.07) is 0. The third-order valence-corrected chi connectivity index (χ3v) is 3.55. The smallest absolute Gasteiger partial charge is 0.137 e. The van der Waals surface area contributed by atoms with E-state index in [1.807, 2.05) is 18.8 Å². The quantitative estimate of drug-likeness (QED) is 0.822. The average Bonchev–Trinajstić information content (AvgIpc) is 2.30. The molecule has 0 aromatic carbocycles. The highest BCUT2D eigenvalue weighted by molar-refractivity contribution is 7.99. The van der Waals surface area contributed by atoms with Crippen LogP contribution in [0.25, 0.3) is 0 Å². The van der Waals surface area contributed by atoms with Gasteiger partial charge in [0.15, 0.2) is 0 Å². The Morgan fingerprint density at radius 2 is 2.07 bits per heavy atom. The molecule has 5 heteroatoms. The van der Waals surface area contributed by atoms with Gasteiger partial charge in [-0.2, -0.15) is 11.8 Å². The van der Waals surface area contributed by atoms with E-state index in [4.69, 9.17) is 0 Å². The molecule has 0 spiro atoms. The monoisotopic (exact) mass is 224 g/mol. The fourth-order valence-corrected chi connectivity index (χ4v) is 2.69. The summed E-state index contributed by atoms with van der Waals surface area (Å²) in [4.78, 5) is 10.9. The molecular formula is C10H16N4S. The second kappa shape index (κ2) is 4.70. The molecule has 0 radical (unpaired) electrons. The minimum absolute atomic E-state index is 0.929. The maximum atomic E-state index is 4.38. The molecule has 1 aromatic rings. The molecule has 0 atom stereocenters. The van der Waals surface area contributed by atoms with Gasteiger partial charge in [0.25, 0.3) is 0 Å². The Kier molecular flexibility index (Phi) is 3.30. The summed E-state index contributed by atoms with van der Waals surface area (Å²) in [6.45, 7) is 4.25. The van der Waals surface area contributed by atoms with Crippen LogP contribution in [0, 0.1) is 6.92 Å². The normalized spacial score (nSPS) is 16.5. The lowest BCUT2D eigenvalue weighted by molar-refractivity contribution is 0.829. The van der Waals surface area contributed by atoms with E-state index in [0.717, 1.165) is 30.3 Å². The van der Waals surface area contributed by atoms with Gasteiger partial charge in [-0.05, 0) is 6.92 Å². The molecule has 0 saturated carbocycles. The van der Waals surface area contributed by atoms with Crippen molar-refractivity contribution in [2.75, 3.05) is 41.9 Å². The molecule has 0 amide bonds. The minimum atomic E-state index is 0.929. The van der Waals surface area contributed by atoms with Gasteiger partial charge in [0.2, 0.25) is 0 Å². The molecule has 1 fully saturated rings. The van der Waals surface area contributed by atoms with Crippen molar-refractivity contribution in [2.24, 2.45) is 0 Å². The Balaban J connectivity index is 2.26. The van der Waals surface area contributed by atoms with Crippen molar-refractivity contribution < 1.29 is 0 Å². The maximum Gasteiger partial charge on any atom is 0.137 e. The molecule has 1 saturated heterocycles. The Morgan fingerprint density at radius 3 is 2.73 bits per heavy atom. The summed E-state index contributed by atoms with van der Waals surface area (Å²) in [5.74, 6) is 4.39. The van der Waals surface area contributed by atoms with Gasteiger partial charge in [0.1, 0.15) is 18.0 Å². The number of hydrogen-bond donors (Lipinski definition) is 1. The zero-order valence-corrected chi connectivity index (χ0v) is 9.97. The van der Waals surface area contributed by atoms with Crippen LogP contribution in [0.2, 0.25) is 0 Å². The molecule has 0 aliphatic carbocycles. The molecule has 82 valence electrons. The molecule has 1 N–H and O–H groups in total.